The van der Waals surface area contributed by atoms with E-state index in [2.05, 4.69) is 20.5 Å². The van der Waals surface area contributed by atoms with E-state index < -0.39 is 0 Å². The predicted octanol–water partition coefficient (Wildman–Crippen LogP) is 6.38. The number of benzene rings is 2. The standard InChI is InChI=1S/C21H14Cl2N4S/c22-15-10-8-14(9-11-15)20(18-7-3-4-12-24-18)26-27-21-25-19(13-28-21)16-5-1-2-6-17(16)23/h1-13H,(H,25,27). The molecule has 0 atom stereocenters. The van der Waals surface area contributed by atoms with E-state index in [1.54, 1.807) is 6.20 Å². The summed E-state index contributed by atoms with van der Waals surface area (Å²) in [5.41, 5.74) is 7.09. The van der Waals surface area contributed by atoms with E-state index in [4.69, 9.17) is 23.2 Å². The van der Waals surface area contributed by atoms with Crippen LogP contribution in [0.3, 0.4) is 0 Å². The van der Waals surface area contributed by atoms with E-state index in [1.807, 2.05) is 72.1 Å². The molecule has 0 radical (unpaired) electrons. The van der Waals surface area contributed by atoms with Gasteiger partial charge in [-0.15, -0.1) is 11.3 Å². The minimum atomic E-state index is 0.664. The van der Waals surface area contributed by atoms with E-state index in [1.165, 1.54) is 11.3 Å². The Kier molecular flexibility index (Phi) is 5.67. The van der Waals surface area contributed by atoms with Gasteiger partial charge in [0.25, 0.3) is 0 Å². The molecule has 0 aliphatic rings. The fraction of sp³-hybridized carbons (Fsp3) is 0. The summed E-state index contributed by atoms with van der Waals surface area (Å²) in [4.78, 5) is 9.01. The second-order valence-electron chi connectivity index (χ2n) is 5.81. The van der Waals surface area contributed by atoms with Gasteiger partial charge in [-0.1, -0.05) is 59.6 Å². The van der Waals surface area contributed by atoms with Gasteiger partial charge in [-0.25, -0.2) is 4.98 Å². The van der Waals surface area contributed by atoms with Gasteiger partial charge in [-0.3, -0.25) is 10.4 Å². The smallest absolute Gasteiger partial charge is 0.203 e. The number of rotatable bonds is 5. The third-order valence-electron chi connectivity index (χ3n) is 3.94. The number of anilines is 1. The van der Waals surface area contributed by atoms with Crippen LogP contribution in [0.25, 0.3) is 11.3 Å². The lowest BCUT2D eigenvalue weighted by Gasteiger charge is -2.07. The van der Waals surface area contributed by atoms with Crippen LogP contribution in [-0.2, 0) is 0 Å². The molecular weight excluding hydrogens is 411 g/mol. The van der Waals surface area contributed by atoms with Gasteiger partial charge in [0.1, 0.15) is 5.71 Å². The van der Waals surface area contributed by atoms with E-state index >= 15 is 0 Å². The van der Waals surface area contributed by atoms with E-state index in [0.29, 0.717) is 20.9 Å². The summed E-state index contributed by atoms with van der Waals surface area (Å²) >= 11 is 13.7. The monoisotopic (exact) mass is 424 g/mol. The van der Waals surface area contributed by atoms with Crippen LogP contribution < -0.4 is 5.43 Å². The first kappa shape index (κ1) is 18.6. The fourth-order valence-electron chi connectivity index (χ4n) is 2.60. The van der Waals surface area contributed by atoms with Gasteiger partial charge in [-0.2, -0.15) is 5.10 Å². The number of thiazole rings is 1. The van der Waals surface area contributed by atoms with Gasteiger partial charge in [0.15, 0.2) is 0 Å². The van der Waals surface area contributed by atoms with Crippen LogP contribution in [0.2, 0.25) is 10.0 Å². The first-order valence-corrected chi connectivity index (χ1v) is 10.1. The summed E-state index contributed by atoms with van der Waals surface area (Å²) in [6.07, 6.45) is 1.74. The van der Waals surface area contributed by atoms with Crippen LogP contribution in [0.4, 0.5) is 5.13 Å². The summed E-state index contributed by atoms with van der Waals surface area (Å²) in [6.45, 7) is 0. The van der Waals surface area contributed by atoms with Crippen molar-refractivity contribution in [2.45, 2.75) is 0 Å². The van der Waals surface area contributed by atoms with Crippen molar-refractivity contribution in [2.24, 2.45) is 5.10 Å². The van der Waals surface area contributed by atoms with Crippen molar-refractivity contribution in [1.82, 2.24) is 9.97 Å². The molecule has 0 saturated heterocycles. The first-order valence-electron chi connectivity index (χ1n) is 8.42. The summed E-state index contributed by atoms with van der Waals surface area (Å²) in [5.74, 6) is 0. The molecule has 2 heterocycles. The second kappa shape index (κ2) is 8.52. The van der Waals surface area contributed by atoms with Crippen LogP contribution in [0.5, 0.6) is 0 Å². The zero-order valence-electron chi connectivity index (χ0n) is 14.5. The van der Waals surface area contributed by atoms with Gasteiger partial charge in [0.05, 0.1) is 11.4 Å². The highest BCUT2D eigenvalue weighted by Gasteiger charge is 2.11. The maximum Gasteiger partial charge on any atom is 0.203 e. The average Bonchev–Trinajstić information content (AvgIpc) is 3.19. The third-order valence-corrected chi connectivity index (χ3v) is 5.27. The molecule has 138 valence electrons. The number of hydrogen-bond donors (Lipinski definition) is 1. The Labute approximate surface area is 176 Å². The Hall–Kier alpha value is -2.73. The Morgan fingerprint density at radius 2 is 1.71 bits per heavy atom. The van der Waals surface area contributed by atoms with Crippen molar-refractivity contribution in [2.75, 3.05) is 5.43 Å². The number of aromatic nitrogens is 2. The number of nitrogens with one attached hydrogen (secondary N) is 1. The molecule has 4 rings (SSSR count). The van der Waals surface area contributed by atoms with Gasteiger partial charge in [-0.05, 0) is 30.3 Å². The van der Waals surface area contributed by atoms with Crippen molar-refractivity contribution in [3.8, 4) is 11.3 Å². The third kappa shape index (κ3) is 4.22. The quantitative estimate of drug-likeness (QED) is 0.298. The largest absolute Gasteiger partial charge is 0.255 e. The highest BCUT2D eigenvalue weighted by atomic mass is 35.5. The topological polar surface area (TPSA) is 50.2 Å². The summed E-state index contributed by atoms with van der Waals surface area (Å²) in [5, 5.41) is 8.51. The molecule has 0 aliphatic heterocycles. The Morgan fingerprint density at radius 1 is 0.929 bits per heavy atom. The molecule has 0 spiro atoms. The van der Waals surface area contributed by atoms with Crippen LogP contribution >= 0.6 is 34.5 Å². The normalized spacial score (nSPS) is 11.4. The molecule has 0 saturated carbocycles. The SMILES string of the molecule is Clc1ccc(C(=NNc2nc(-c3ccccc3Cl)cs2)c2ccccn2)cc1. The van der Waals surface area contributed by atoms with Crippen LogP contribution in [0.1, 0.15) is 11.3 Å². The van der Waals surface area contributed by atoms with Crippen molar-refractivity contribution in [3.05, 3.63) is 99.6 Å². The van der Waals surface area contributed by atoms with Gasteiger partial charge < -0.3 is 0 Å². The lowest BCUT2D eigenvalue weighted by Crippen LogP contribution is -2.08. The molecule has 1 N–H and O–H groups in total. The molecule has 0 fully saturated rings. The minimum absolute atomic E-state index is 0.664. The van der Waals surface area contributed by atoms with E-state index in [0.717, 1.165) is 22.5 Å². The molecule has 0 unspecified atom stereocenters. The molecule has 0 bridgehead atoms. The van der Waals surface area contributed by atoms with E-state index in [-0.39, 0.29) is 0 Å². The maximum atomic E-state index is 6.27. The Morgan fingerprint density at radius 3 is 2.46 bits per heavy atom. The highest BCUT2D eigenvalue weighted by molar-refractivity contribution is 7.14. The Balaban J connectivity index is 1.65. The zero-order chi connectivity index (χ0) is 19.3. The number of hydrazone groups is 1. The molecule has 4 aromatic rings. The lowest BCUT2D eigenvalue weighted by atomic mass is 10.1. The average molecular weight is 425 g/mol. The van der Waals surface area contributed by atoms with Crippen LogP contribution in [0.15, 0.2) is 83.4 Å². The number of pyridine rings is 1. The predicted molar refractivity (Wildman–Crippen MR) is 118 cm³/mol. The Bertz CT molecular complexity index is 1110. The molecule has 4 nitrogen and oxygen atoms in total. The van der Waals surface area contributed by atoms with Crippen LogP contribution in [-0.4, -0.2) is 15.7 Å². The number of halogens is 2. The van der Waals surface area contributed by atoms with E-state index in [9.17, 15) is 0 Å². The van der Waals surface area contributed by atoms with Gasteiger partial charge in [0.2, 0.25) is 5.13 Å². The van der Waals surface area contributed by atoms with Crippen molar-refractivity contribution in [1.29, 1.82) is 0 Å². The highest BCUT2D eigenvalue weighted by Crippen LogP contribution is 2.30. The zero-order valence-corrected chi connectivity index (χ0v) is 16.8. The second-order valence-corrected chi connectivity index (χ2v) is 7.51. The molecule has 0 aliphatic carbocycles. The van der Waals surface area contributed by atoms with Gasteiger partial charge >= 0.3 is 0 Å². The number of hydrogen-bond acceptors (Lipinski definition) is 5. The summed E-state index contributed by atoms with van der Waals surface area (Å²) < 4.78 is 0. The number of nitrogens with zero attached hydrogens (tertiary/aromatic N) is 3. The van der Waals surface area contributed by atoms with Crippen LogP contribution in [0, 0.1) is 0 Å². The summed E-state index contributed by atoms with van der Waals surface area (Å²) in [7, 11) is 0. The maximum absolute atomic E-state index is 6.27. The molecule has 2 aromatic carbocycles. The fourth-order valence-corrected chi connectivity index (χ4v) is 3.61. The van der Waals surface area contributed by atoms with Crippen molar-refractivity contribution >= 4 is 45.4 Å². The van der Waals surface area contributed by atoms with Gasteiger partial charge in [0, 0.05) is 32.7 Å². The molecule has 0 amide bonds. The molecule has 7 heteroatoms. The van der Waals surface area contributed by atoms with Crippen molar-refractivity contribution in [3.63, 3.8) is 0 Å². The molecule has 28 heavy (non-hydrogen) atoms. The van der Waals surface area contributed by atoms with Crippen molar-refractivity contribution < 1.29 is 0 Å². The minimum Gasteiger partial charge on any atom is -0.255 e. The summed E-state index contributed by atoms with van der Waals surface area (Å²) in [6, 6.07) is 20.8. The molecule has 2 aromatic heterocycles. The first-order chi connectivity index (χ1) is 13.7. The molecular formula is C21H14Cl2N4S. The lowest BCUT2D eigenvalue weighted by molar-refractivity contribution is 1.24.